The number of hydrogen-bond acceptors (Lipinski definition) is 5. The highest BCUT2D eigenvalue weighted by molar-refractivity contribution is 7.88. The predicted octanol–water partition coefficient (Wildman–Crippen LogP) is 2.16. The van der Waals surface area contributed by atoms with Gasteiger partial charge in [-0.05, 0) is 17.7 Å². The molecule has 1 saturated heterocycles. The Hall–Kier alpha value is -1.45. The lowest BCUT2D eigenvalue weighted by atomic mass is 10.1. The second-order valence-corrected chi connectivity index (χ2v) is 10.3. The zero-order chi connectivity index (χ0) is 19.4. The number of hydrogen-bond donors (Lipinski definition) is 1. The van der Waals surface area contributed by atoms with Crippen LogP contribution >= 0.6 is 22.9 Å². The molecule has 0 bridgehead atoms. The molecule has 0 aliphatic carbocycles. The number of thiophene rings is 1. The summed E-state index contributed by atoms with van der Waals surface area (Å²) in [5, 5.41) is 2.87. The number of carbonyl (C=O) groups excluding carboxylic acids is 1. The Kier molecular flexibility index (Phi) is 6.54. The van der Waals surface area contributed by atoms with E-state index in [9.17, 15) is 13.2 Å². The van der Waals surface area contributed by atoms with E-state index in [-0.39, 0.29) is 5.91 Å². The molecule has 0 saturated carbocycles. The van der Waals surface area contributed by atoms with Crippen molar-refractivity contribution in [2.75, 3.05) is 25.9 Å². The van der Waals surface area contributed by atoms with Crippen LogP contribution in [0, 0.1) is 0 Å². The molecule has 0 radical (unpaired) electrons. The van der Waals surface area contributed by atoms with Gasteiger partial charge in [0.15, 0.2) is 0 Å². The van der Waals surface area contributed by atoms with Gasteiger partial charge >= 0.3 is 0 Å². The number of nitrogens with one attached hydrogen (secondary N) is 1. The molecule has 1 fully saturated rings. The van der Waals surface area contributed by atoms with Gasteiger partial charge in [-0.3, -0.25) is 9.69 Å². The van der Waals surface area contributed by atoms with Gasteiger partial charge in [0, 0.05) is 37.6 Å². The summed E-state index contributed by atoms with van der Waals surface area (Å²) < 4.78 is 26.3. The lowest BCUT2D eigenvalue weighted by Crippen LogP contribution is -2.59. The highest BCUT2D eigenvalue weighted by Crippen LogP contribution is 2.24. The first-order valence-electron chi connectivity index (χ1n) is 8.58. The van der Waals surface area contributed by atoms with E-state index in [4.69, 9.17) is 11.6 Å². The highest BCUT2D eigenvalue weighted by atomic mass is 35.5. The second-order valence-electron chi connectivity index (χ2n) is 6.53. The topological polar surface area (TPSA) is 69.7 Å². The first kappa shape index (κ1) is 20.3. The minimum absolute atomic E-state index is 0.279. The lowest BCUT2D eigenvalue weighted by Gasteiger charge is -2.38. The summed E-state index contributed by atoms with van der Waals surface area (Å²) in [6, 6.07) is 12.6. The summed E-state index contributed by atoms with van der Waals surface area (Å²) in [6.45, 7) is 2.24. The Morgan fingerprint density at radius 1 is 1.22 bits per heavy atom. The molecule has 3 rings (SSSR count). The summed E-state index contributed by atoms with van der Waals surface area (Å²) >= 11 is 7.48. The van der Waals surface area contributed by atoms with Crippen molar-refractivity contribution in [3.63, 3.8) is 0 Å². The number of halogens is 1. The molecule has 2 heterocycles. The third-order valence-electron chi connectivity index (χ3n) is 4.46. The van der Waals surface area contributed by atoms with Gasteiger partial charge in [0.05, 0.1) is 10.6 Å². The molecular formula is C18H22ClN3O3S2. The fourth-order valence-electron chi connectivity index (χ4n) is 3.14. The Labute approximate surface area is 168 Å². The van der Waals surface area contributed by atoms with Crippen LogP contribution < -0.4 is 5.32 Å². The molecule has 1 aliphatic heterocycles. The maximum absolute atomic E-state index is 12.8. The predicted molar refractivity (Wildman–Crippen MR) is 108 cm³/mol. The molecule has 1 amide bonds. The second kappa shape index (κ2) is 8.70. The van der Waals surface area contributed by atoms with Gasteiger partial charge in [-0.25, -0.2) is 8.42 Å². The number of piperazine rings is 1. The van der Waals surface area contributed by atoms with Crippen LogP contribution in [0.1, 0.15) is 10.4 Å². The Balaban J connectivity index is 1.69. The number of amides is 1. The van der Waals surface area contributed by atoms with E-state index >= 15 is 0 Å². The molecule has 6 nitrogen and oxygen atoms in total. The molecule has 1 N–H and O–H groups in total. The lowest BCUT2D eigenvalue weighted by molar-refractivity contribution is -0.126. The van der Waals surface area contributed by atoms with Crippen molar-refractivity contribution in [2.24, 2.45) is 0 Å². The minimum atomic E-state index is -3.47. The van der Waals surface area contributed by atoms with Crippen LogP contribution in [-0.4, -0.2) is 55.5 Å². The molecule has 0 spiro atoms. The van der Waals surface area contributed by atoms with Crippen molar-refractivity contribution in [2.45, 2.75) is 19.1 Å². The summed E-state index contributed by atoms with van der Waals surface area (Å²) in [5.74, 6) is -0.279. The molecule has 9 heteroatoms. The number of nitrogens with zero attached hydrogens (tertiary/aromatic N) is 2. The van der Waals surface area contributed by atoms with E-state index in [2.05, 4.69) is 10.2 Å². The van der Waals surface area contributed by atoms with Gasteiger partial charge in [0.2, 0.25) is 15.9 Å². The van der Waals surface area contributed by atoms with Crippen LogP contribution in [0.3, 0.4) is 0 Å². The zero-order valence-corrected chi connectivity index (χ0v) is 17.4. The standard InChI is InChI=1S/C18H22ClN3O3S2/c1-27(24,25)22-10-9-21(12-15-7-8-17(19)26-15)13-16(22)18(23)20-11-14-5-3-2-4-6-14/h2-8,16H,9-13H2,1H3,(H,20,23). The molecule has 1 aliphatic rings. The summed E-state index contributed by atoms with van der Waals surface area (Å²) in [4.78, 5) is 16.0. The van der Waals surface area contributed by atoms with E-state index in [0.717, 1.165) is 21.0 Å². The van der Waals surface area contributed by atoms with Gasteiger partial charge < -0.3 is 5.32 Å². The number of rotatable bonds is 6. The van der Waals surface area contributed by atoms with E-state index in [0.29, 0.717) is 32.7 Å². The zero-order valence-electron chi connectivity index (χ0n) is 15.0. The van der Waals surface area contributed by atoms with Crippen LogP contribution in [0.5, 0.6) is 0 Å². The smallest absolute Gasteiger partial charge is 0.240 e. The molecule has 146 valence electrons. The van der Waals surface area contributed by atoms with Crippen LogP contribution in [0.2, 0.25) is 4.34 Å². The number of carbonyl (C=O) groups is 1. The van der Waals surface area contributed by atoms with E-state index in [1.54, 1.807) is 0 Å². The molecule has 2 aromatic rings. The maximum atomic E-state index is 12.8. The van der Waals surface area contributed by atoms with E-state index < -0.39 is 16.1 Å². The van der Waals surface area contributed by atoms with Crippen molar-refractivity contribution in [3.05, 3.63) is 57.2 Å². The van der Waals surface area contributed by atoms with Crippen LogP contribution in [-0.2, 0) is 27.9 Å². The largest absolute Gasteiger partial charge is 0.351 e. The quantitative estimate of drug-likeness (QED) is 0.767. The van der Waals surface area contributed by atoms with Gasteiger partial charge in [0.1, 0.15) is 6.04 Å². The van der Waals surface area contributed by atoms with Crippen molar-refractivity contribution < 1.29 is 13.2 Å². The van der Waals surface area contributed by atoms with Gasteiger partial charge in [-0.15, -0.1) is 11.3 Å². The number of benzene rings is 1. The summed E-state index contributed by atoms with van der Waals surface area (Å²) in [6.07, 6.45) is 1.15. The molecule has 1 aromatic carbocycles. The Morgan fingerprint density at radius 3 is 2.59 bits per heavy atom. The SMILES string of the molecule is CS(=O)(=O)N1CCN(Cc2ccc(Cl)s2)CC1C(=O)NCc1ccccc1. The molecule has 1 unspecified atom stereocenters. The fourth-order valence-corrected chi connectivity index (χ4v) is 5.30. The molecule has 1 atom stereocenters. The van der Waals surface area contributed by atoms with E-state index in [1.807, 2.05) is 42.5 Å². The van der Waals surface area contributed by atoms with Crippen molar-refractivity contribution in [3.8, 4) is 0 Å². The Bertz CT molecular complexity index is 886. The third kappa shape index (κ3) is 5.52. The maximum Gasteiger partial charge on any atom is 0.240 e. The monoisotopic (exact) mass is 427 g/mol. The number of sulfonamides is 1. The fraction of sp³-hybridized carbons (Fsp3) is 0.389. The van der Waals surface area contributed by atoms with Gasteiger partial charge in [-0.2, -0.15) is 4.31 Å². The van der Waals surface area contributed by atoms with Crippen molar-refractivity contribution in [1.82, 2.24) is 14.5 Å². The van der Waals surface area contributed by atoms with Crippen molar-refractivity contribution >= 4 is 38.9 Å². The molecule has 27 heavy (non-hydrogen) atoms. The van der Waals surface area contributed by atoms with Crippen LogP contribution in [0.25, 0.3) is 0 Å². The van der Waals surface area contributed by atoms with Gasteiger partial charge in [0.25, 0.3) is 0 Å². The van der Waals surface area contributed by atoms with Gasteiger partial charge in [-0.1, -0.05) is 41.9 Å². The average Bonchev–Trinajstić information content (AvgIpc) is 3.04. The van der Waals surface area contributed by atoms with Crippen molar-refractivity contribution in [1.29, 1.82) is 0 Å². The average molecular weight is 428 g/mol. The first-order chi connectivity index (χ1) is 12.8. The summed E-state index contributed by atoms with van der Waals surface area (Å²) in [5.41, 5.74) is 0.970. The molecular weight excluding hydrogens is 406 g/mol. The highest BCUT2D eigenvalue weighted by Gasteiger charge is 2.37. The Morgan fingerprint density at radius 2 is 1.96 bits per heavy atom. The van der Waals surface area contributed by atoms with Crippen LogP contribution in [0.4, 0.5) is 0 Å². The normalized spacial score (nSPS) is 19.1. The minimum Gasteiger partial charge on any atom is -0.351 e. The molecule has 1 aromatic heterocycles. The summed E-state index contributed by atoms with van der Waals surface area (Å²) in [7, 11) is -3.47. The van der Waals surface area contributed by atoms with Crippen LogP contribution in [0.15, 0.2) is 42.5 Å². The first-order valence-corrected chi connectivity index (χ1v) is 11.6. The third-order valence-corrected chi connectivity index (χ3v) is 6.97. The van der Waals surface area contributed by atoms with E-state index in [1.165, 1.54) is 15.6 Å².